The predicted octanol–water partition coefficient (Wildman–Crippen LogP) is 1.16. The van der Waals surface area contributed by atoms with Gasteiger partial charge >= 0.3 is 5.97 Å². The van der Waals surface area contributed by atoms with Crippen molar-refractivity contribution in [2.24, 2.45) is 0 Å². The Balaban J connectivity index is 1.34. The van der Waals surface area contributed by atoms with Gasteiger partial charge in [0.1, 0.15) is 12.0 Å². The lowest BCUT2D eigenvalue weighted by Crippen LogP contribution is -2.78. The van der Waals surface area contributed by atoms with Crippen LogP contribution in [0, 0.1) is 10.1 Å². The van der Waals surface area contributed by atoms with Gasteiger partial charge in [-0.15, -0.1) is 0 Å². The van der Waals surface area contributed by atoms with E-state index in [0.717, 1.165) is 9.80 Å². The van der Waals surface area contributed by atoms with E-state index in [4.69, 9.17) is 4.74 Å². The Labute approximate surface area is 200 Å². The number of benzene rings is 2. The first-order valence-corrected chi connectivity index (χ1v) is 11.8. The van der Waals surface area contributed by atoms with Gasteiger partial charge in [0.05, 0.1) is 26.8 Å². The van der Waals surface area contributed by atoms with E-state index in [0.29, 0.717) is 5.56 Å². The summed E-state index contributed by atoms with van der Waals surface area (Å²) in [5.41, 5.74) is 0.908. The standard InChI is InChI=1S/C23H17N3O8S/c1-12-11-35(33)22-18(24-19(27)15-4-2-3-5-16(15)20(24)28)21(29)25(22)17(12)23(30)34-10-13-6-8-14(9-7-13)26(31)32/h2-9,17-18,22H,1,10-11H2/t17?,18?,22-,35?/m0/s1. The maximum Gasteiger partial charge on any atom is 0.333 e. The molecule has 3 aliphatic rings. The molecule has 3 aliphatic heterocycles. The third-order valence-electron chi connectivity index (χ3n) is 6.17. The van der Waals surface area contributed by atoms with Crippen molar-refractivity contribution in [3.05, 3.63) is 87.5 Å². The molecule has 5 rings (SSSR count). The van der Waals surface area contributed by atoms with Crippen molar-refractivity contribution < 1.29 is 33.0 Å². The Kier molecular flexibility index (Phi) is 5.32. The van der Waals surface area contributed by atoms with E-state index in [9.17, 15) is 33.5 Å². The van der Waals surface area contributed by atoms with Gasteiger partial charge in [-0.05, 0) is 35.4 Å². The van der Waals surface area contributed by atoms with E-state index in [2.05, 4.69) is 6.58 Å². The van der Waals surface area contributed by atoms with Crippen molar-refractivity contribution in [3.8, 4) is 0 Å². The van der Waals surface area contributed by atoms with Gasteiger partial charge in [-0.25, -0.2) is 4.79 Å². The van der Waals surface area contributed by atoms with Gasteiger partial charge in [0.2, 0.25) is 0 Å². The van der Waals surface area contributed by atoms with Crippen LogP contribution in [0.15, 0.2) is 60.7 Å². The molecule has 35 heavy (non-hydrogen) atoms. The van der Waals surface area contributed by atoms with Gasteiger partial charge in [-0.2, -0.15) is 0 Å². The first-order chi connectivity index (χ1) is 16.7. The molecule has 178 valence electrons. The number of non-ortho nitro benzene ring substituents is 1. The second-order valence-corrected chi connectivity index (χ2v) is 9.76. The molecule has 11 nitrogen and oxygen atoms in total. The minimum Gasteiger partial charge on any atom is -0.459 e. The predicted molar refractivity (Wildman–Crippen MR) is 120 cm³/mol. The lowest BCUT2D eigenvalue weighted by Gasteiger charge is -2.53. The number of nitro benzene ring substituents is 1. The molecule has 2 aromatic carbocycles. The first-order valence-electron chi connectivity index (χ1n) is 10.4. The molecule has 0 bridgehead atoms. The molecule has 2 aromatic rings. The van der Waals surface area contributed by atoms with Crippen LogP contribution in [0.1, 0.15) is 26.3 Å². The third-order valence-corrected chi connectivity index (χ3v) is 7.85. The molecule has 4 atom stereocenters. The summed E-state index contributed by atoms with van der Waals surface area (Å²) < 4.78 is 18.2. The smallest absolute Gasteiger partial charge is 0.333 e. The second kappa shape index (κ2) is 8.24. The summed E-state index contributed by atoms with van der Waals surface area (Å²) in [4.78, 5) is 63.9. The fraction of sp³-hybridized carbons (Fsp3) is 0.217. The molecule has 2 saturated heterocycles. The molecule has 0 saturated carbocycles. The van der Waals surface area contributed by atoms with E-state index in [-0.39, 0.29) is 34.7 Å². The van der Waals surface area contributed by atoms with Crippen LogP contribution in [0.4, 0.5) is 5.69 Å². The number of nitrogens with zero attached hydrogens (tertiary/aromatic N) is 3. The van der Waals surface area contributed by atoms with Crippen molar-refractivity contribution in [1.82, 2.24) is 9.80 Å². The van der Waals surface area contributed by atoms with E-state index in [1.165, 1.54) is 36.4 Å². The number of ether oxygens (including phenoxy) is 1. The van der Waals surface area contributed by atoms with Crippen LogP contribution in [0.3, 0.4) is 0 Å². The van der Waals surface area contributed by atoms with E-state index < -0.39 is 56.9 Å². The first kappa shape index (κ1) is 22.6. The number of hydrogen-bond donors (Lipinski definition) is 0. The molecule has 0 aliphatic carbocycles. The summed E-state index contributed by atoms with van der Waals surface area (Å²) in [7, 11) is -1.70. The monoisotopic (exact) mass is 495 g/mol. The number of hydrogen-bond acceptors (Lipinski definition) is 8. The lowest BCUT2D eigenvalue weighted by molar-refractivity contribution is -0.384. The molecule has 0 N–H and O–H groups in total. The number of amides is 3. The summed E-state index contributed by atoms with van der Waals surface area (Å²) in [5, 5.41) is 9.72. The number of carbonyl (C=O) groups excluding carboxylic acids is 4. The maximum absolute atomic E-state index is 13.1. The van der Waals surface area contributed by atoms with Gasteiger partial charge in [0, 0.05) is 17.9 Å². The molecule has 2 fully saturated rings. The number of nitro groups is 1. The third kappa shape index (κ3) is 3.44. The maximum atomic E-state index is 13.1. The van der Waals surface area contributed by atoms with Crippen LogP contribution >= 0.6 is 0 Å². The van der Waals surface area contributed by atoms with Crippen LogP contribution in [-0.4, -0.2) is 65.8 Å². The highest BCUT2D eigenvalue weighted by molar-refractivity contribution is 7.86. The van der Waals surface area contributed by atoms with Crippen LogP contribution in [0.5, 0.6) is 0 Å². The normalized spacial score (nSPS) is 25.1. The van der Waals surface area contributed by atoms with Crippen molar-refractivity contribution in [3.63, 3.8) is 0 Å². The average Bonchev–Trinajstić information content (AvgIpc) is 3.08. The zero-order chi connectivity index (χ0) is 25.0. The molecule has 3 amide bonds. The van der Waals surface area contributed by atoms with Crippen LogP contribution < -0.4 is 0 Å². The Morgan fingerprint density at radius 3 is 2.26 bits per heavy atom. The fourth-order valence-corrected chi connectivity index (χ4v) is 6.18. The number of esters is 1. The Morgan fingerprint density at radius 2 is 1.69 bits per heavy atom. The highest BCUT2D eigenvalue weighted by Gasteiger charge is 2.63. The van der Waals surface area contributed by atoms with E-state index in [1.54, 1.807) is 12.1 Å². The molecule has 3 unspecified atom stereocenters. The minimum atomic E-state index is -1.70. The quantitative estimate of drug-likeness (QED) is 0.150. The molecular weight excluding hydrogens is 478 g/mol. The molecule has 0 radical (unpaired) electrons. The van der Waals surface area contributed by atoms with Crippen molar-refractivity contribution in [2.75, 3.05) is 5.75 Å². The van der Waals surface area contributed by atoms with Gasteiger partial charge in [-0.1, -0.05) is 18.7 Å². The van der Waals surface area contributed by atoms with Crippen LogP contribution in [-0.2, 0) is 31.7 Å². The number of fused-ring (bicyclic) bond motifs is 2. The Hall–Kier alpha value is -4.19. The summed E-state index contributed by atoms with van der Waals surface area (Å²) in [6.45, 7) is 3.57. The second-order valence-electron chi connectivity index (χ2n) is 8.22. The van der Waals surface area contributed by atoms with Crippen molar-refractivity contribution >= 4 is 40.2 Å². The largest absolute Gasteiger partial charge is 0.459 e. The summed E-state index contributed by atoms with van der Waals surface area (Å²) in [6.07, 6.45) is 0. The molecule has 12 heteroatoms. The summed E-state index contributed by atoms with van der Waals surface area (Å²) in [5.74, 6) is -2.92. The highest BCUT2D eigenvalue weighted by atomic mass is 32.2. The number of rotatable bonds is 5. The van der Waals surface area contributed by atoms with Gasteiger partial charge in [0.15, 0.2) is 12.1 Å². The van der Waals surface area contributed by atoms with Crippen LogP contribution in [0.2, 0.25) is 0 Å². The van der Waals surface area contributed by atoms with Gasteiger partial charge < -0.3 is 9.64 Å². The molecule has 0 aromatic heterocycles. The van der Waals surface area contributed by atoms with E-state index in [1.807, 2.05) is 0 Å². The number of imide groups is 1. The fourth-order valence-electron chi connectivity index (χ4n) is 4.48. The zero-order valence-corrected chi connectivity index (χ0v) is 18.8. The lowest BCUT2D eigenvalue weighted by atomic mass is 9.97. The summed E-state index contributed by atoms with van der Waals surface area (Å²) in [6, 6.07) is 9.06. The molecular formula is C23H17N3O8S. The van der Waals surface area contributed by atoms with Gasteiger partial charge in [0.25, 0.3) is 23.4 Å². The van der Waals surface area contributed by atoms with Crippen molar-refractivity contribution in [1.29, 1.82) is 0 Å². The van der Waals surface area contributed by atoms with Gasteiger partial charge in [-0.3, -0.25) is 33.6 Å². The SMILES string of the molecule is C=C1CS(=O)[C@H]2C(N3C(=O)c4ccccc4C3=O)C(=O)N2C1C(=O)OCc1ccc([N+](=O)[O-])cc1. The zero-order valence-electron chi connectivity index (χ0n) is 18.0. The number of carbonyl (C=O) groups is 4. The Bertz CT molecular complexity index is 1320. The van der Waals surface area contributed by atoms with Crippen molar-refractivity contribution in [2.45, 2.75) is 24.1 Å². The van der Waals surface area contributed by atoms with E-state index >= 15 is 0 Å². The summed E-state index contributed by atoms with van der Waals surface area (Å²) >= 11 is 0. The van der Waals surface area contributed by atoms with Crippen LogP contribution in [0.25, 0.3) is 0 Å². The Morgan fingerprint density at radius 1 is 1.09 bits per heavy atom. The molecule has 3 heterocycles. The average molecular weight is 495 g/mol. The topological polar surface area (TPSA) is 144 Å². The molecule has 0 spiro atoms. The number of β-lactam (4-membered cyclic amide) rings is 1. The highest BCUT2D eigenvalue weighted by Crippen LogP contribution is 2.40. The minimum absolute atomic E-state index is 0.106.